The molecule has 1 fully saturated rings. The third-order valence-electron chi connectivity index (χ3n) is 3.52. The quantitative estimate of drug-likeness (QED) is 0.821. The number of hydrogen-bond donors (Lipinski definition) is 1. The molecule has 1 heterocycles. The van der Waals surface area contributed by atoms with Crippen LogP contribution in [-0.4, -0.2) is 23.3 Å². The van der Waals surface area contributed by atoms with Crippen LogP contribution in [0.3, 0.4) is 0 Å². The molecule has 1 aromatic heterocycles. The van der Waals surface area contributed by atoms with Gasteiger partial charge < -0.3 is 4.74 Å². The average molecular weight is 236 g/mol. The highest BCUT2D eigenvalue weighted by Crippen LogP contribution is 2.36. The van der Waals surface area contributed by atoms with Crippen molar-refractivity contribution in [3.05, 3.63) is 17.0 Å². The molecule has 0 saturated heterocycles. The molecule has 0 unspecified atom stereocenters. The van der Waals surface area contributed by atoms with Gasteiger partial charge in [0.15, 0.2) is 0 Å². The van der Waals surface area contributed by atoms with E-state index in [2.05, 4.69) is 10.2 Å². The van der Waals surface area contributed by atoms with Gasteiger partial charge in [-0.05, 0) is 18.8 Å². The molecular weight excluding hydrogens is 216 g/mol. The first-order valence-electron chi connectivity index (χ1n) is 6.31. The van der Waals surface area contributed by atoms with E-state index in [1.165, 1.54) is 20.0 Å². The smallest absolute Gasteiger partial charge is 0.341 e. The highest BCUT2D eigenvalue weighted by Gasteiger charge is 2.29. The lowest BCUT2D eigenvalue weighted by Crippen LogP contribution is -2.09. The van der Waals surface area contributed by atoms with E-state index in [-0.39, 0.29) is 11.9 Å². The number of aromatic nitrogens is 2. The summed E-state index contributed by atoms with van der Waals surface area (Å²) in [6.45, 7) is 4.09. The predicted octanol–water partition coefficient (Wildman–Crippen LogP) is 2.98. The topological polar surface area (TPSA) is 55.0 Å². The number of esters is 1. The van der Waals surface area contributed by atoms with Crippen LogP contribution < -0.4 is 0 Å². The number of aromatic amines is 1. The van der Waals surface area contributed by atoms with E-state index >= 15 is 0 Å². The van der Waals surface area contributed by atoms with Gasteiger partial charge in [-0.1, -0.05) is 26.7 Å². The summed E-state index contributed by atoms with van der Waals surface area (Å²) in [5.74, 6) is 0.420. The molecule has 1 N–H and O–H groups in total. The Balaban J connectivity index is 2.40. The van der Waals surface area contributed by atoms with E-state index in [0.29, 0.717) is 11.5 Å². The molecule has 1 aliphatic rings. The number of nitrogens with zero attached hydrogens (tertiary/aromatic N) is 1. The van der Waals surface area contributed by atoms with Gasteiger partial charge >= 0.3 is 5.97 Å². The first-order chi connectivity index (χ1) is 8.15. The van der Waals surface area contributed by atoms with Crippen LogP contribution >= 0.6 is 0 Å². The predicted molar refractivity (Wildman–Crippen MR) is 65.2 cm³/mol. The molecule has 1 saturated carbocycles. The van der Waals surface area contributed by atoms with E-state index < -0.39 is 0 Å². The van der Waals surface area contributed by atoms with E-state index in [4.69, 9.17) is 4.74 Å². The van der Waals surface area contributed by atoms with Crippen LogP contribution in [0.15, 0.2) is 0 Å². The Labute approximate surface area is 102 Å². The number of ether oxygens (including phenoxy) is 1. The Morgan fingerprint density at radius 2 is 2.06 bits per heavy atom. The van der Waals surface area contributed by atoms with Gasteiger partial charge in [0, 0.05) is 5.92 Å². The number of hydrogen-bond acceptors (Lipinski definition) is 3. The molecule has 1 aromatic rings. The minimum Gasteiger partial charge on any atom is -0.465 e. The third kappa shape index (κ3) is 2.21. The highest BCUT2D eigenvalue weighted by molar-refractivity contribution is 5.92. The fourth-order valence-electron chi connectivity index (χ4n) is 2.61. The number of nitrogens with one attached hydrogen (secondary N) is 1. The van der Waals surface area contributed by atoms with Crippen LogP contribution in [0.5, 0.6) is 0 Å². The van der Waals surface area contributed by atoms with Gasteiger partial charge in [-0.2, -0.15) is 5.10 Å². The molecule has 0 aliphatic heterocycles. The van der Waals surface area contributed by atoms with E-state index in [1.54, 1.807) is 0 Å². The fraction of sp³-hybridized carbons (Fsp3) is 0.692. The van der Waals surface area contributed by atoms with Crippen molar-refractivity contribution in [1.82, 2.24) is 10.2 Å². The monoisotopic (exact) mass is 236 g/mol. The first kappa shape index (κ1) is 12.1. The summed E-state index contributed by atoms with van der Waals surface area (Å²) in [5.41, 5.74) is 2.49. The zero-order chi connectivity index (χ0) is 12.4. The Hall–Kier alpha value is -1.32. The van der Waals surface area contributed by atoms with Crippen molar-refractivity contribution >= 4 is 5.97 Å². The molecule has 0 amide bonds. The van der Waals surface area contributed by atoms with Crippen LogP contribution in [0.4, 0.5) is 0 Å². The summed E-state index contributed by atoms with van der Waals surface area (Å²) in [4.78, 5) is 11.9. The maximum Gasteiger partial charge on any atom is 0.341 e. The summed E-state index contributed by atoms with van der Waals surface area (Å²) in [6, 6.07) is 0. The molecule has 0 spiro atoms. The van der Waals surface area contributed by atoms with Crippen LogP contribution in [0.1, 0.15) is 73.1 Å². The molecule has 1 aliphatic carbocycles. The van der Waals surface area contributed by atoms with E-state index in [9.17, 15) is 4.79 Å². The van der Waals surface area contributed by atoms with E-state index in [0.717, 1.165) is 24.2 Å². The number of carbonyl (C=O) groups is 1. The van der Waals surface area contributed by atoms with Gasteiger partial charge in [-0.25, -0.2) is 4.79 Å². The maximum absolute atomic E-state index is 11.9. The summed E-state index contributed by atoms with van der Waals surface area (Å²) < 4.78 is 4.89. The fourth-order valence-corrected chi connectivity index (χ4v) is 2.61. The van der Waals surface area contributed by atoms with Gasteiger partial charge in [0.2, 0.25) is 0 Å². The van der Waals surface area contributed by atoms with Crippen molar-refractivity contribution in [3.8, 4) is 0 Å². The molecule has 0 radical (unpaired) electrons. The van der Waals surface area contributed by atoms with Crippen molar-refractivity contribution in [2.24, 2.45) is 0 Å². The van der Waals surface area contributed by atoms with Gasteiger partial charge in [-0.15, -0.1) is 0 Å². The Morgan fingerprint density at radius 1 is 1.41 bits per heavy atom. The van der Waals surface area contributed by atoms with Gasteiger partial charge in [0.25, 0.3) is 0 Å². The zero-order valence-electron chi connectivity index (χ0n) is 10.7. The molecule has 94 valence electrons. The molecule has 4 nitrogen and oxygen atoms in total. The van der Waals surface area contributed by atoms with Crippen molar-refractivity contribution < 1.29 is 9.53 Å². The summed E-state index contributed by atoms with van der Waals surface area (Å²) in [5, 5.41) is 7.37. The van der Waals surface area contributed by atoms with Crippen LogP contribution in [0.2, 0.25) is 0 Å². The van der Waals surface area contributed by atoms with Gasteiger partial charge in [0.05, 0.1) is 18.5 Å². The van der Waals surface area contributed by atoms with Gasteiger partial charge in [-0.3, -0.25) is 5.10 Å². The zero-order valence-corrected chi connectivity index (χ0v) is 10.7. The molecule has 0 atom stereocenters. The van der Waals surface area contributed by atoms with Crippen LogP contribution in [-0.2, 0) is 4.74 Å². The second kappa shape index (κ2) is 4.90. The molecule has 17 heavy (non-hydrogen) atoms. The highest BCUT2D eigenvalue weighted by atomic mass is 16.5. The first-order valence-corrected chi connectivity index (χ1v) is 6.31. The third-order valence-corrected chi connectivity index (χ3v) is 3.52. The lowest BCUT2D eigenvalue weighted by atomic mass is 9.96. The summed E-state index contributed by atoms with van der Waals surface area (Å²) in [7, 11) is 1.43. The molecule has 4 heteroatoms. The second-order valence-electron chi connectivity index (χ2n) is 5.03. The molecule has 2 rings (SSSR count). The van der Waals surface area contributed by atoms with Crippen LogP contribution in [0.25, 0.3) is 0 Å². The van der Waals surface area contributed by atoms with Crippen molar-refractivity contribution in [1.29, 1.82) is 0 Å². The number of H-pyrrole nitrogens is 1. The maximum atomic E-state index is 11.9. The Morgan fingerprint density at radius 3 is 2.59 bits per heavy atom. The average Bonchev–Trinajstić information content (AvgIpc) is 2.95. The second-order valence-corrected chi connectivity index (χ2v) is 5.03. The SMILES string of the molecule is COC(=O)c1c(C(C)C)n[nH]c1C1CCCC1. The number of rotatable bonds is 3. The minimum atomic E-state index is -0.260. The normalized spacial score (nSPS) is 16.7. The minimum absolute atomic E-state index is 0.232. The number of methoxy groups -OCH3 is 1. The lowest BCUT2D eigenvalue weighted by molar-refractivity contribution is 0.0597. The summed E-state index contributed by atoms with van der Waals surface area (Å²) >= 11 is 0. The largest absolute Gasteiger partial charge is 0.465 e. The van der Waals surface area contributed by atoms with Gasteiger partial charge in [0.1, 0.15) is 5.56 Å². The standard InChI is InChI=1S/C13H20N2O2/c1-8(2)11-10(13(16)17-3)12(15-14-11)9-6-4-5-7-9/h8-9H,4-7H2,1-3H3,(H,14,15). The molecule has 0 bridgehead atoms. The van der Waals surface area contributed by atoms with Crippen molar-refractivity contribution in [2.45, 2.75) is 51.4 Å². The summed E-state index contributed by atoms with van der Waals surface area (Å²) in [6.07, 6.45) is 4.76. The number of carbonyl (C=O) groups excluding carboxylic acids is 1. The van der Waals surface area contributed by atoms with Crippen LogP contribution in [0, 0.1) is 0 Å². The Bertz CT molecular complexity index is 404. The molecule has 0 aromatic carbocycles. The Kier molecular flexibility index (Phi) is 3.50. The van der Waals surface area contributed by atoms with E-state index in [1.807, 2.05) is 13.8 Å². The molecular formula is C13H20N2O2. The van der Waals surface area contributed by atoms with Crippen molar-refractivity contribution in [3.63, 3.8) is 0 Å². The van der Waals surface area contributed by atoms with Crippen molar-refractivity contribution in [2.75, 3.05) is 7.11 Å². The lowest BCUT2D eigenvalue weighted by Gasteiger charge is -2.10.